The summed E-state index contributed by atoms with van der Waals surface area (Å²) in [6, 6.07) is 5.35. The summed E-state index contributed by atoms with van der Waals surface area (Å²) in [6.07, 6.45) is 1.21. The van der Waals surface area contributed by atoms with E-state index < -0.39 is 6.10 Å². The van der Waals surface area contributed by atoms with Crippen LogP contribution in [0.5, 0.6) is 5.75 Å². The van der Waals surface area contributed by atoms with E-state index in [0.717, 1.165) is 12.0 Å². The van der Waals surface area contributed by atoms with Crippen molar-refractivity contribution in [3.8, 4) is 5.75 Å². The van der Waals surface area contributed by atoms with E-state index >= 15 is 0 Å². The topological polar surface area (TPSA) is 58.6 Å². The number of benzene rings is 1. The van der Waals surface area contributed by atoms with Gasteiger partial charge < -0.3 is 15.2 Å². The smallest absolute Gasteiger partial charge is 0.255 e. The van der Waals surface area contributed by atoms with Gasteiger partial charge in [0.15, 0.2) is 0 Å². The molecule has 104 valence electrons. The summed E-state index contributed by atoms with van der Waals surface area (Å²) in [5, 5.41) is 13.0. The second-order valence-corrected chi connectivity index (χ2v) is 5.12. The maximum Gasteiger partial charge on any atom is 0.255 e. The number of nitrogens with one attached hydrogen (secondary N) is 1. The molecule has 0 aliphatic carbocycles. The number of aliphatic hydroxyl groups excluding tert-OH is 1. The van der Waals surface area contributed by atoms with Crippen molar-refractivity contribution in [2.24, 2.45) is 5.92 Å². The summed E-state index contributed by atoms with van der Waals surface area (Å²) >= 11 is 0. The van der Waals surface area contributed by atoms with Crippen LogP contribution in [-0.4, -0.2) is 24.2 Å². The molecule has 1 aliphatic rings. The van der Waals surface area contributed by atoms with Gasteiger partial charge in [0.25, 0.3) is 5.91 Å². The molecule has 2 unspecified atom stereocenters. The zero-order valence-corrected chi connectivity index (χ0v) is 11.5. The van der Waals surface area contributed by atoms with Gasteiger partial charge in [-0.3, -0.25) is 4.79 Å². The van der Waals surface area contributed by atoms with E-state index in [-0.39, 0.29) is 5.91 Å². The molecule has 4 heteroatoms. The number of aliphatic hydroxyl groups is 1. The average molecular weight is 263 g/mol. The molecular weight excluding hydrogens is 242 g/mol. The summed E-state index contributed by atoms with van der Waals surface area (Å²) in [6.45, 7) is 5.21. The zero-order valence-electron chi connectivity index (χ0n) is 11.5. The fraction of sp³-hybridized carbons (Fsp3) is 0.533. The fourth-order valence-electron chi connectivity index (χ4n) is 2.16. The van der Waals surface area contributed by atoms with Crippen LogP contribution in [0, 0.1) is 5.92 Å². The quantitative estimate of drug-likeness (QED) is 0.876. The van der Waals surface area contributed by atoms with Crippen LogP contribution in [-0.2, 0) is 0 Å². The highest BCUT2D eigenvalue weighted by Gasteiger charge is 2.19. The summed E-state index contributed by atoms with van der Waals surface area (Å²) in [4.78, 5) is 11.9. The molecule has 0 saturated heterocycles. The SMILES string of the molecule is CCC(C)CC(O)c1ccc2c(c1)C(=O)NCCO2. The van der Waals surface area contributed by atoms with Gasteiger partial charge in [-0.2, -0.15) is 0 Å². The Kier molecular flexibility index (Phi) is 4.43. The number of fused-ring (bicyclic) bond motifs is 1. The van der Waals surface area contributed by atoms with Crippen molar-refractivity contribution in [1.29, 1.82) is 0 Å². The molecule has 0 radical (unpaired) electrons. The van der Waals surface area contributed by atoms with E-state index in [1.807, 2.05) is 6.07 Å². The van der Waals surface area contributed by atoms with Gasteiger partial charge in [0, 0.05) is 0 Å². The first-order valence-corrected chi connectivity index (χ1v) is 6.84. The Morgan fingerprint density at radius 3 is 3.00 bits per heavy atom. The van der Waals surface area contributed by atoms with E-state index in [0.29, 0.717) is 36.8 Å². The minimum atomic E-state index is -0.531. The van der Waals surface area contributed by atoms with Crippen molar-refractivity contribution >= 4 is 5.91 Å². The van der Waals surface area contributed by atoms with Crippen molar-refractivity contribution in [3.63, 3.8) is 0 Å². The van der Waals surface area contributed by atoms with Crippen molar-refractivity contribution in [2.45, 2.75) is 32.8 Å². The normalized spacial score (nSPS) is 17.7. The number of hydrogen-bond acceptors (Lipinski definition) is 3. The third kappa shape index (κ3) is 3.26. The van der Waals surface area contributed by atoms with E-state index in [1.54, 1.807) is 12.1 Å². The lowest BCUT2D eigenvalue weighted by Crippen LogP contribution is -2.24. The van der Waals surface area contributed by atoms with Crippen LogP contribution >= 0.6 is 0 Å². The highest BCUT2D eigenvalue weighted by Crippen LogP contribution is 2.28. The molecule has 19 heavy (non-hydrogen) atoms. The van der Waals surface area contributed by atoms with Crippen LogP contribution in [0.3, 0.4) is 0 Å². The summed E-state index contributed by atoms with van der Waals surface area (Å²) in [7, 11) is 0. The molecule has 0 saturated carbocycles. The van der Waals surface area contributed by atoms with Crippen LogP contribution in [0.15, 0.2) is 18.2 Å². The van der Waals surface area contributed by atoms with Gasteiger partial charge in [-0.1, -0.05) is 26.3 Å². The van der Waals surface area contributed by atoms with E-state index in [1.165, 1.54) is 0 Å². The standard InChI is InChI=1S/C15H21NO3/c1-3-10(2)8-13(17)11-4-5-14-12(9-11)15(18)16-6-7-19-14/h4-5,9-10,13,17H,3,6-8H2,1-2H3,(H,16,18). The monoisotopic (exact) mass is 263 g/mol. The molecule has 0 bridgehead atoms. The van der Waals surface area contributed by atoms with E-state index in [9.17, 15) is 9.90 Å². The van der Waals surface area contributed by atoms with Crippen LogP contribution in [0.4, 0.5) is 0 Å². The Labute approximate surface area is 113 Å². The number of hydrogen-bond donors (Lipinski definition) is 2. The minimum Gasteiger partial charge on any atom is -0.491 e. The Bertz CT molecular complexity index is 459. The lowest BCUT2D eigenvalue weighted by molar-refractivity contribution is 0.0956. The minimum absolute atomic E-state index is 0.134. The maximum absolute atomic E-state index is 11.9. The second-order valence-electron chi connectivity index (χ2n) is 5.12. The van der Waals surface area contributed by atoms with Crippen molar-refractivity contribution in [3.05, 3.63) is 29.3 Å². The number of rotatable bonds is 4. The van der Waals surface area contributed by atoms with Gasteiger partial charge in [-0.25, -0.2) is 0 Å². The van der Waals surface area contributed by atoms with Gasteiger partial charge >= 0.3 is 0 Å². The Morgan fingerprint density at radius 2 is 2.26 bits per heavy atom. The molecule has 1 heterocycles. The molecule has 4 nitrogen and oxygen atoms in total. The molecule has 2 N–H and O–H groups in total. The zero-order chi connectivity index (χ0) is 13.8. The molecule has 0 fully saturated rings. The first-order valence-electron chi connectivity index (χ1n) is 6.84. The van der Waals surface area contributed by atoms with Gasteiger partial charge in [-0.15, -0.1) is 0 Å². The first kappa shape index (κ1) is 13.9. The Hall–Kier alpha value is -1.55. The van der Waals surface area contributed by atoms with E-state index in [2.05, 4.69) is 19.2 Å². The van der Waals surface area contributed by atoms with Crippen molar-refractivity contribution in [1.82, 2.24) is 5.32 Å². The molecule has 1 aliphatic heterocycles. The highest BCUT2D eigenvalue weighted by molar-refractivity contribution is 5.97. The summed E-state index contributed by atoms with van der Waals surface area (Å²) in [5.74, 6) is 0.915. The number of amides is 1. The van der Waals surface area contributed by atoms with Crippen molar-refractivity contribution < 1.29 is 14.6 Å². The second kappa shape index (κ2) is 6.06. The first-order chi connectivity index (χ1) is 9.11. The summed E-state index contributed by atoms with van der Waals surface area (Å²) < 4.78 is 5.49. The molecule has 1 amide bonds. The van der Waals surface area contributed by atoms with Gasteiger partial charge in [-0.05, 0) is 30.0 Å². The summed E-state index contributed by atoms with van der Waals surface area (Å²) in [5.41, 5.74) is 1.29. The highest BCUT2D eigenvalue weighted by atomic mass is 16.5. The van der Waals surface area contributed by atoms with E-state index in [4.69, 9.17) is 4.74 Å². The Balaban J connectivity index is 2.22. The predicted molar refractivity (Wildman–Crippen MR) is 73.3 cm³/mol. The third-order valence-corrected chi connectivity index (χ3v) is 3.60. The lowest BCUT2D eigenvalue weighted by atomic mass is 9.95. The van der Waals surface area contributed by atoms with Gasteiger partial charge in [0.05, 0.1) is 18.2 Å². The van der Waals surface area contributed by atoms with Crippen LogP contribution in [0.1, 0.15) is 48.7 Å². The van der Waals surface area contributed by atoms with Gasteiger partial charge in [0.2, 0.25) is 0 Å². The molecule has 1 aromatic carbocycles. The average Bonchev–Trinajstić information content (AvgIpc) is 2.60. The molecule has 2 atom stereocenters. The molecule has 2 rings (SSSR count). The fourth-order valence-corrected chi connectivity index (χ4v) is 2.16. The van der Waals surface area contributed by atoms with Gasteiger partial charge in [0.1, 0.15) is 12.4 Å². The number of carbonyl (C=O) groups is 1. The molecule has 0 spiro atoms. The lowest BCUT2D eigenvalue weighted by Gasteiger charge is -2.16. The largest absolute Gasteiger partial charge is 0.491 e. The van der Waals surface area contributed by atoms with Crippen LogP contribution in [0.2, 0.25) is 0 Å². The number of carbonyl (C=O) groups excluding carboxylic acids is 1. The van der Waals surface area contributed by atoms with Crippen molar-refractivity contribution in [2.75, 3.05) is 13.2 Å². The maximum atomic E-state index is 11.9. The Morgan fingerprint density at radius 1 is 1.47 bits per heavy atom. The number of ether oxygens (including phenoxy) is 1. The molecular formula is C15H21NO3. The molecule has 0 aromatic heterocycles. The van der Waals surface area contributed by atoms with Crippen LogP contribution < -0.4 is 10.1 Å². The predicted octanol–water partition coefficient (Wildman–Crippen LogP) is 2.28. The van der Waals surface area contributed by atoms with Crippen LogP contribution in [0.25, 0.3) is 0 Å². The third-order valence-electron chi connectivity index (χ3n) is 3.60. The molecule has 1 aromatic rings.